The summed E-state index contributed by atoms with van der Waals surface area (Å²) in [7, 11) is 0. The summed E-state index contributed by atoms with van der Waals surface area (Å²) in [6.45, 7) is 4.30. The minimum Gasteiger partial charge on any atom is -0.486 e. The lowest BCUT2D eigenvalue weighted by molar-refractivity contribution is 0.111. The fourth-order valence-corrected chi connectivity index (χ4v) is 2.18. The van der Waals surface area contributed by atoms with Crippen LogP contribution >= 0.6 is 11.3 Å². The molecule has 17 heavy (non-hydrogen) atoms. The van der Waals surface area contributed by atoms with Crippen molar-refractivity contribution in [1.29, 1.82) is 0 Å². The van der Waals surface area contributed by atoms with Gasteiger partial charge in [-0.25, -0.2) is 4.98 Å². The maximum Gasteiger partial charge on any atom is 0.153 e. The third-order valence-electron chi connectivity index (χ3n) is 2.31. The van der Waals surface area contributed by atoms with Crippen molar-refractivity contribution in [1.82, 2.24) is 4.98 Å². The molecule has 0 radical (unpaired) electrons. The van der Waals surface area contributed by atoms with Crippen LogP contribution in [0.1, 0.15) is 26.6 Å². The first-order chi connectivity index (χ1) is 8.19. The highest BCUT2D eigenvalue weighted by Crippen LogP contribution is 2.20. The van der Waals surface area contributed by atoms with Crippen LogP contribution in [0.25, 0.3) is 0 Å². The summed E-state index contributed by atoms with van der Waals surface area (Å²) in [5, 5.41) is 2.90. The average Bonchev–Trinajstić information content (AvgIpc) is 2.73. The van der Waals surface area contributed by atoms with Gasteiger partial charge in [0.25, 0.3) is 0 Å². The van der Waals surface area contributed by atoms with Crippen LogP contribution in [0, 0.1) is 13.8 Å². The molecule has 0 aliphatic carbocycles. The van der Waals surface area contributed by atoms with E-state index in [-0.39, 0.29) is 0 Å². The molecule has 1 heterocycles. The fourth-order valence-electron chi connectivity index (χ4n) is 1.50. The number of rotatable bonds is 4. The zero-order valence-electron chi connectivity index (χ0n) is 9.77. The van der Waals surface area contributed by atoms with Crippen LogP contribution < -0.4 is 4.74 Å². The van der Waals surface area contributed by atoms with E-state index in [2.05, 4.69) is 4.98 Å². The number of carbonyl (C=O) groups is 1. The standard InChI is InChI=1S/C13H13NO2S/c1-9-3-4-12(11(5-9)6-15)16-7-13-14-10(2)8-17-13/h3-6,8H,7H2,1-2H3. The first-order valence-electron chi connectivity index (χ1n) is 5.28. The largest absolute Gasteiger partial charge is 0.486 e. The summed E-state index contributed by atoms with van der Waals surface area (Å²) in [6.07, 6.45) is 0.815. The molecule has 0 atom stereocenters. The normalized spacial score (nSPS) is 10.2. The predicted molar refractivity (Wildman–Crippen MR) is 67.7 cm³/mol. The first-order valence-corrected chi connectivity index (χ1v) is 6.16. The van der Waals surface area contributed by atoms with Crippen molar-refractivity contribution in [2.75, 3.05) is 0 Å². The van der Waals surface area contributed by atoms with Crippen LogP contribution in [0.2, 0.25) is 0 Å². The zero-order chi connectivity index (χ0) is 12.3. The number of nitrogens with zero attached hydrogens (tertiary/aromatic N) is 1. The molecule has 0 fully saturated rings. The third-order valence-corrected chi connectivity index (χ3v) is 3.25. The van der Waals surface area contributed by atoms with E-state index in [9.17, 15) is 4.79 Å². The third kappa shape index (κ3) is 2.91. The van der Waals surface area contributed by atoms with Crippen LogP contribution in [0.15, 0.2) is 23.6 Å². The first kappa shape index (κ1) is 11.8. The van der Waals surface area contributed by atoms with Gasteiger partial charge in [-0.1, -0.05) is 11.6 Å². The Kier molecular flexibility index (Phi) is 3.54. The summed E-state index contributed by atoms with van der Waals surface area (Å²) in [4.78, 5) is 15.2. The van der Waals surface area contributed by atoms with Gasteiger partial charge >= 0.3 is 0 Å². The van der Waals surface area contributed by atoms with Gasteiger partial charge < -0.3 is 4.74 Å². The van der Waals surface area contributed by atoms with Crippen LogP contribution in [0.5, 0.6) is 5.75 Å². The van der Waals surface area contributed by atoms with Crippen molar-refractivity contribution in [3.05, 3.63) is 45.4 Å². The Morgan fingerprint density at radius 2 is 2.24 bits per heavy atom. The van der Waals surface area contributed by atoms with E-state index in [1.807, 2.05) is 37.4 Å². The highest BCUT2D eigenvalue weighted by molar-refractivity contribution is 7.09. The van der Waals surface area contributed by atoms with E-state index in [1.165, 1.54) is 0 Å². The molecule has 88 valence electrons. The Balaban J connectivity index is 2.11. The number of aromatic nitrogens is 1. The van der Waals surface area contributed by atoms with Gasteiger partial charge in [0.05, 0.1) is 5.56 Å². The molecular weight excluding hydrogens is 234 g/mol. The average molecular weight is 247 g/mol. The number of carbonyl (C=O) groups excluding carboxylic acids is 1. The number of hydrogen-bond donors (Lipinski definition) is 0. The minimum absolute atomic E-state index is 0.405. The van der Waals surface area contributed by atoms with Gasteiger partial charge in [-0.3, -0.25) is 4.79 Å². The second kappa shape index (κ2) is 5.10. The van der Waals surface area contributed by atoms with Crippen molar-refractivity contribution in [2.24, 2.45) is 0 Å². The lowest BCUT2D eigenvalue weighted by Crippen LogP contribution is -1.98. The van der Waals surface area contributed by atoms with Gasteiger partial charge in [-0.05, 0) is 26.0 Å². The number of hydrogen-bond acceptors (Lipinski definition) is 4. The van der Waals surface area contributed by atoms with Crippen molar-refractivity contribution >= 4 is 17.6 Å². The quantitative estimate of drug-likeness (QED) is 0.779. The highest BCUT2D eigenvalue weighted by atomic mass is 32.1. The van der Waals surface area contributed by atoms with Gasteiger partial charge in [-0.2, -0.15) is 0 Å². The fraction of sp³-hybridized carbons (Fsp3) is 0.231. The molecule has 1 aromatic heterocycles. The molecule has 1 aromatic carbocycles. The molecule has 3 nitrogen and oxygen atoms in total. The number of thiazole rings is 1. The summed E-state index contributed by atoms with van der Waals surface area (Å²) in [5.74, 6) is 0.610. The Morgan fingerprint density at radius 3 is 2.88 bits per heavy atom. The second-order valence-corrected chi connectivity index (χ2v) is 4.77. The summed E-state index contributed by atoms with van der Waals surface area (Å²) in [6, 6.07) is 5.56. The van der Waals surface area contributed by atoms with Gasteiger partial charge in [0.1, 0.15) is 17.4 Å². The van der Waals surface area contributed by atoms with Gasteiger partial charge in [0.2, 0.25) is 0 Å². The number of aldehydes is 1. The van der Waals surface area contributed by atoms with Crippen LogP contribution in [0.3, 0.4) is 0 Å². The number of benzene rings is 1. The molecule has 0 spiro atoms. The molecule has 2 rings (SSSR count). The molecular formula is C13H13NO2S. The van der Waals surface area contributed by atoms with Gasteiger partial charge in [0.15, 0.2) is 6.29 Å². The summed E-state index contributed by atoms with van der Waals surface area (Å²) < 4.78 is 5.60. The molecule has 0 aliphatic rings. The van der Waals surface area contributed by atoms with E-state index in [0.29, 0.717) is 17.9 Å². The van der Waals surface area contributed by atoms with E-state index in [0.717, 1.165) is 22.6 Å². The molecule has 0 unspecified atom stereocenters. The van der Waals surface area contributed by atoms with E-state index in [1.54, 1.807) is 11.3 Å². The monoisotopic (exact) mass is 247 g/mol. The van der Waals surface area contributed by atoms with Gasteiger partial charge in [-0.15, -0.1) is 11.3 Å². The molecule has 4 heteroatoms. The number of ether oxygens (including phenoxy) is 1. The molecule has 0 amide bonds. The Hall–Kier alpha value is -1.68. The predicted octanol–water partition coefficient (Wildman–Crippen LogP) is 3.15. The minimum atomic E-state index is 0.405. The Morgan fingerprint density at radius 1 is 1.41 bits per heavy atom. The topological polar surface area (TPSA) is 39.2 Å². The maximum atomic E-state index is 10.9. The molecule has 0 saturated carbocycles. The second-order valence-electron chi connectivity index (χ2n) is 3.83. The van der Waals surface area contributed by atoms with E-state index in [4.69, 9.17) is 4.74 Å². The smallest absolute Gasteiger partial charge is 0.153 e. The van der Waals surface area contributed by atoms with Crippen LogP contribution in [-0.4, -0.2) is 11.3 Å². The van der Waals surface area contributed by atoms with Crippen molar-refractivity contribution in [2.45, 2.75) is 20.5 Å². The van der Waals surface area contributed by atoms with Crippen LogP contribution in [-0.2, 0) is 6.61 Å². The Labute approximate surface area is 104 Å². The van der Waals surface area contributed by atoms with Crippen molar-refractivity contribution < 1.29 is 9.53 Å². The number of aryl methyl sites for hydroxylation is 2. The van der Waals surface area contributed by atoms with E-state index >= 15 is 0 Å². The molecule has 0 N–H and O–H groups in total. The Bertz CT molecular complexity index is 534. The maximum absolute atomic E-state index is 10.9. The van der Waals surface area contributed by atoms with E-state index < -0.39 is 0 Å². The van der Waals surface area contributed by atoms with Crippen molar-refractivity contribution in [3.63, 3.8) is 0 Å². The molecule has 0 saturated heterocycles. The molecule has 2 aromatic rings. The van der Waals surface area contributed by atoms with Gasteiger partial charge in [0, 0.05) is 11.1 Å². The molecule has 0 bridgehead atoms. The van der Waals surface area contributed by atoms with Crippen LogP contribution in [0.4, 0.5) is 0 Å². The highest BCUT2D eigenvalue weighted by Gasteiger charge is 2.05. The van der Waals surface area contributed by atoms with Crippen molar-refractivity contribution in [3.8, 4) is 5.75 Å². The molecule has 0 aliphatic heterocycles. The zero-order valence-corrected chi connectivity index (χ0v) is 10.6. The lowest BCUT2D eigenvalue weighted by Gasteiger charge is -2.07. The lowest BCUT2D eigenvalue weighted by atomic mass is 10.1. The summed E-state index contributed by atoms with van der Waals surface area (Å²) >= 11 is 1.56. The SMILES string of the molecule is Cc1ccc(OCc2nc(C)cs2)c(C=O)c1. The summed E-state index contributed by atoms with van der Waals surface area (Å²) in [5.41, 5.74) is 2.62.